The van der Waals surface area contributed by atoms with E-state index in [1.54, 1.807) is 48.9 Å². The van der Waals surface area contributed by atoms with Crippen molar-refractivity contribution in [2.75, 3.05) is 37.0 Å². The van der Waals surface area contributed by atoms with Gasteiger partial charge >= 0.3 is 12.1 Å². The van der Waals surface area contributed by atoms with Crippen molar-refractivity contribution >= 4 is 62.6 Å². The highest BCUT2D eigenvalue weighted by molar-refractivity contribution is 7.21. The Morgan fingerprint density at radius 2 is 1.88 bits per heavy atom. The lowest BCUT2D eigenvalue weighted by Gasteiger charge is -2.42. The van der Waals surface area contributed by atoms with Gasteiger partial charge in [0.25, 0.3) is 5.91 Å². The number of thiophene rings is 1. The van der Waals surface area contributed by atoms with E-state index >= 15 is 0 Å². The molecule has 50 heavy (non-hydrogen) atoms. The molecule has 4 heterocycles. The smallest absolute Gasteiger partial charge is 0.408 e. The number of benzene rings is 2. The molecule has 3 N–H and O–H groups in total. The Morgan fingerprint density at radius 3 is 2.56 bits per heavy atom. The molecule has 1 saturated heterocycles. The number of carbonyl (C=O) groups is 4. The van der Waals surface area contributed by atoms with E-state index in [1.807, 2.05) is 49.4 Å². The number of likely N-dealkylation sites (tertiary alicyclic amines) is 1. The molecule has 13 nitrogen and oxygen atoms in total. The minimum absolute atomic E-state index is 0.0990. The molecular formula is C36H40N6O7S. The molecule has 2 atom stereocenters. The first kappa shape index (κ1) is 34.6. The molecule has 2 aliphatic rings. The number of ether oxygens (including phenoxy) is 2. The third-order valence-electron chi connectivity index (χ3n) is 8.76. The number of aryl methyl sites for hydroxylation is 1. The van der Waals surface area contributed by atoms with Crippen LogP contribution in [0.1, 0.15) is 48.8 Å². The monoisotopic (exact) mass is 700 g/mol. The number of rotatable bonds is 9. The van der Waals surface area contributed by atoms with E-state index in [4.69, 9.17) is 9.47 Å². The van der Waals surface area contributed by atoms with Crippen molar-refractivity contribution in [2.24, 2.45) is 0 Å². The zero-order valence-electron chi connectivity index (χ0n) is 28.6. The van der Waals surface area contributed by atoms with Crippen LogP contribution >= 0.6 is 11.3 Å². The van der Waals surface area contributed by atoms with Gasteiger partial charge in [-0.05, 0) is 82.5 Å². The molecule has 0 bridgehead atoms. The second kappa shape index (κ2) is 14.0. The third-order valence-corrected chi connectivity index (χ3v) is 9.86. The van der Waals surface area contributed by atoms with E-state index in [0.717, 1.165) is 10.5 Å². The van der Waals surface area contributed by atoms with E-state index < -0.39 is 35.7 Å². The van der Waals surface area contributed by atoms with Crippen molar-refractivity contribution in [1.29, 1.82) is 0 Å². The summed E-state index contributed by atoms with van der Waals surface area (Å²) in [5.41, 5.74) is 1.62. The standard InChI is InChI=1S/C36H40N6O7S/c1-21-18-24(49-23-11-7-6-8-12-23)13-14-25(21)41-26-15-16-37-32-28(26)29(39-34(41)45)30(50-32)31(43)38-22-10-9-17-40(19-22)33(44)27(20-48-5)42(35(46)47)36(2,3)4/h6-8,11-16,18,22,27H,9-10,17,19-20H2,1-5H3,(H,38,43)(H,39,45)(H,46,47). The van der Waals surface area contributed by atoms with Gasteiger partial charge in [-0.2, -0.15) is 0 Å². The molecular weight excluding hydrogens is 660 g/mol. The average molecular weight is 701 g/mol. The third kappa shape index (κ3) is 6.81. The molecule has 0 aliphatic carbocycles. The second-order valence-electron chi connectivity index (χ2n) is 13.3. The molecule has 6 rings (SSSR count). The number of amides is 5. The highest BCUT2D eigenvalue weighted by Crippen LogP contribution is 2.46. The molecule has 2 aliphatic heterocycles. The van der Waals surface area contributed by atoms with Gasteiger partial charge in [-0.3, -0.25) is 19.4 Å². The topological polar surface area (TPSA) is 154 Å². The zero-order chi connectivity index (χ0) is 35.7. The van der Waals surface area contributed by atoms with Gasteiger partial charge in [0.05, 0.1) is 29.1 Å². The lowest BCUT2D eigenvalue weighted by Crippen LogP contribution is -2.61. The van der Waals surface area contributed by atoms with Crippen LogP contribution in [0.5, 0.6) is 11.5 Å². The Morgan fingerprint density at radius 1 is 1.12 bits per heavy atom. The normalized spacial score (nSPS) is 16.5. The number of carbonyl (C=O) groups excluding carboxylic acids is 3. The molecule has 5 amide bonds. The van der Waals surface area contributed by atoms with Crippen LogP contribution in [0, 0.1) is 6.92 Å². The van der Waals surface area contributed by atoms with Gasteiger partial charge in [0.1, 0.15) is 27.2 Å². The van der Waals surface area contributed by atoms with Crippen LogP contribution in [0.2, 0.25) is 0 Å². The number of carboxylic acid groups (broad SMARTS) is 1. The van der Waals surface area contributed by atoms with E-state index in [-0.39, 0.29) is 19.1 Å². The SMILES string of the molecule is COCC(C(=O)N1CCCC(NC(=O)c2sc3nccc4c3c2NC(=O)N4c2ccc(Oc3ccccc3)cc2C)C1)N(C(=O)O)C(C)(C)C. The number of urea groups is 1. The van der Waals surface area contributed by atoms with E-state index in [9.17, 15) is 24.3 Å². The first-order valence-corrected chi connectivity index (χ1v) is 17.2. The fraction of sp³-hybridized carbons (Fsp3) is 0.361. The number of nitrogens with zero attached hydrogens (tertiary/aromatic N) is 4. The summed E-state index contributed by atoms with van der Waals surface area (Å²) in [6.45, 7) is 7.61. The second-order valence-corrected chi connectivity index (χ2v) is 14.3. The summed E-state index contributed by atoms with van der Waals surface area (Å²) in [7, 11) is 1.43. The maximum Gasteiger partial charge on any atom is 0.408 e. The van der Waals surface area contributed by atoms with Crippen molar-refractivity contribution in [2.45, 2.75) is 58.2 Å². The number of pyridine rings is 1. The summed E-state index contributed by atoms with van der Waals surface area (Å²) in [6, 6.07) is 14.8. The Labute approximate surface area is 293 Å². The summed E-state index contributed by atoms with van der Waals surface area (Å²) in [5.74, 6) is 0.566. The number of aromatic nitrogens is 1. The minimum Gasteiger partial charge on any atom is -0.465 e. The van der Waals surface area contributed by atoms with Crippen molar-refractivity contribution in [3.8, 4) is 11.5 Å². The molecule has 0 radical (unpaired) electrons. The summed E-state index contributed by atoms with van der Waals surface area (Å²) < 4.78 is 11.3. The predicted molar refractivity (Wildman–Crippen MR) is 191 cm³/mol. The minimum atomic E-state index is -1.22. The molecule has 0 spiro atoms. The fourth-order valence-electron chi connectivity index (χ4n) is 6.61. The summed E-state index contributed by atoms with van der Waals surface area (Å²) in [5, 5.41) is 16.6. The molecule has 2 aromatic heterocycles. The Kier molecular flexibility index (Phi) is 9.67. The van der Waals surface area contributed by atoms with Gasteiger partial charge in [-0.1, -0.05) is 18.2 Å². The fourth-order valence-corrected chi connectivity index (χ4v) is 7.63. The van der Waals surface area contributed by atoms with Crippen molar-refractivity contribution in [3.63, 3.8) is 0 Å². The number of methoxy groups -OCH3 is 1. The van der Waals surface area contributed by atoms with Crippen LogP contribution in [-0.2, 0) is 9.53 Å². The van der Waals surface area contributed by atoms with Crippen LogP contribution in [0.3, 0.4) is 0 Å². The summed E-state index contributed by atoms with van der Waals surface area (Å²) in [6.07, 6.45) is 1.64. The molecule has 2 unspecified atom stereocenters. The molecule has 262 valence electrons. The van der Waals surface area contributed by atoms with E-state index in [2.05, 4.69) is 15.6 Å². The van der Waals surface area contributed by atoms with Gasteiger partial charge in [0, 0.05) is 38.0 Å². The average Bonchev–Trinajstić information content (AvgIpc) is 3.44. The number of hydrogen-bond donors (Lipinski definition) is 3. The molecule has 0 saturated carbocycles. The highest BCUT2D eigenvalue weighted by atomic mass is 32.1. The Hall–Kier alpha value is -5.21. The van der Waals surface area contributed by atoms with Gasteiger partial charge < -0.3 is 30.1 Å². The van der Waals surface area contributed by atoms with Gasteiger partial charge in [-0.15, -0.1) is 11.3 Å². The molecule has 1 fully saturated rings. The van der Waals surface area contributed by atoms with Crippen LogP contribution in [0.25, 0.3) is 10.2 Å². The number of hydrogen-bond acceptors (Lipinski definition) is 8. The van der Waals surface area contributed by atoms with Crippen molar-refractivity contribution in [3.05, 3.63) is 71.2 Å². The molecule has 14 heteroatoms. The Bertz CT molecular complexity index is 1940. The van der Waals surface area contributed by atoms with Gasteiger partial charge in [0.2, 0.25) is 5.91 Å². The largest absolute Gasteiger partial charge is 0.465 e. The van der Waals surface area contributed by atoms with Crippen molar-refractivity contribution in [1.82, 2.24) is 20.1 Å². The lowest BCUT2D eigenvalue weighted by molar-refractivity contribution is -0.141. The predicted octanol–water partition coefficient (Wildman–Crippen LogP) is 6.59. The van der Waals surface area contributed by atoms with Crippen LogP contribution in [0.15, 0.2) is 60.8 Å². The lowest BCUT2D eigenvalue weighted by atomic mass is 10.0. The van der Waals surface area contributed by atoms with E-state index in [0.29, 0.717) is 63.0 Å². The zero-order valence-corrected chi connectivity index (χ0v) is 29.4. The van der Waals surface area contributed by atoms with E-state index in [1.165, 1.54) is 18.4 Å². The first-order chi connectivity index (χ1) is 23.9. The van der Waals surface area contributed by atoms with Crippen LogP contribution in [0.4, 0.5) is 26.7 Å². The van der Waals surface area contributed by atoms with Crippen LogP contribution in [-0.4, -0.2) is 88.3 Å². The molecule has 2 aromatic carbocycles. The molecule has 4 aromatic rings. The maximum absolute atomic E-state index is 13.8. The summed E-state index contributed by atoms with van der Waals surface area (Å²) in [4.78, 5) is 63.2. The quantitative estimate of drug-likeness (QED) is 0.177. The number of nitrogens with one attached hydrogen (secondary N) is 2. The Balaban J connectivity index is 1.22. The number of anilines is 3. The van der Waals surface area contributed by atoms with Gasteiger partial charge in [0.15, 0.2) is 0 Å². The summed E-state index contributed by atoms with van der Waals surface area (Å²) >= 11 is 1.18. The van der Waals surface area contributed by atoms with Crippen LogP contribution < -0.4 is 20.3 Å². The first-order valence-electron chi connectivity index (χ1n) is 16.3. The maximum atomic E-state index is 13.8. The highest BCUT2D eigenvalue weighted by Gasteiger charge is 2.41. The van der Waals surface area contributed by atoms with Gasteiger partial charge in [-0.25, -0.2) is 14.6 Å². The van der Waals surface area contributed by atoms with Crippen molar-refractivity contribution < 1.29 is 33.8 Å². The number of para-hydroxylation sites is 1. The number of piperidine rings is 1.